The first-order chi connectivity index (χ1) is 28.6. The van der Waals surface area contributed by atoms with E-state index in [1.54, 1.807) is 9.80 Å². The lowest BCUT2D eigenvalue weighted by Crippen LogP contribution is -2.43. The number of nitrogens with zero attached hydrogens (tertiary/aromatic N) is 2. The Morgan fingerprint density at radius 1 is 0.397 bits per heavy atom. The Labute approximate surface area is 337 Å². The fraction of sp³-hybridized carbons (Fsp3) is 0.292. The molecule has 4 amide bonds. The summed E-state index contributed by atoms with van der Waals surface area (Å²) in [4.78, 5) is 30.8. The van der Waals surface area contributed by atoms with E-state index < -0.39 is 0 Å². The van der Waals surface area contributed by atoms with Crippen LogP contribution >= 0.6 is 0 Å². The van der Waals surface area contributed by atoms with Gasteiger partial charge in [0, 0.05) is 39.3 Å². The lowest BCUT2D eigenvalue weighted by atomic mass is 9.92. The Morgan fingerprint density at radius 3 is 1.16 bits per heavy atom. The van der Waals surface area contributed by atoms with Crippen molar-refractivity contribution >= 4 is 76.7 Å². The minimum atomic E-state index is -0.173. The number of benzene rings is 8. The zero-order valence-electron chi connectivity index (χ0n) is 32.6. The number of amides is 4. The maximum atomic E-state index is 13.6. The van der Waals surface area contributed by atoms with Gasteiger partial charge in [-0.05, 0) is 75.8 Å². The predicted molar refractivity (Wildman–Crippen MR) is 231 cm³/mol. The van der Waals surface area contributed by atoms with Gasteiger partial charge in [0.05, 0.1) is 52.9 Å². The quantitative estimate of drug-likeness (QED) is 0.175. The van der Waals surface area contributed by atoms with E-state index in [0.717, 1.165) is 21.9 Å². The molecule has 10 nitrogen and oxygen atoms in total. The van der Waals surface area contributed by atoms with Crippen molar-refractivity contribution < 1.29 is 28.5 Å². The molecule has 0 atom stereocenters. The molecule has 1 heterocycles. The maximum absolute atomic E-state index is 13.6. The van der Waals surface area contributed by atoms with Gasteiger partial charge in [-0.3, -0.25) is 0 Å². The summed E-state index contributed by atoms with van der Waals surface area (Å²) in [5.74, 6) is 0. The van der Waals surface area contributed by atoms with Crippen molar-refractivity contribution in [1.29, 1.82) is 0 Å². The lowest BCUT2D eigenvalue weighted by Gasteiger charge is -2.25. The van der Waals surface area contributed by atoms with Gasteiger partial charge in [-0.15, -0.1) is 0 Å². The third-order valence-electron chi connectivity index (χ3n) is 11.3. The highest BCUT2D eigenvalue weighted by Gasteiger charge is 2.19. The molecular formula is C48H48N4O6. The average Bonchev–Trinajstić information content (AvgIpc) is 3.25. The van der Waals surface area contributed by atoms with E-state index in [0.29, 0.717) is 92.1 Å². The standard InChI is InChI=1S/C48H48N4O6/c53-47-49-19-23-55-27-28-56-24-20-50-48(54)52(32-40-14-12-38-10-8-34-4-2-6-36-16-18-42(40)46(38)44(34)36)22-26-58-30-29-57-25-21-51(47)31-39-13-11-37-9-7-33-3-1-5-35-15-17-41(39)45(37)43(33)35/h1-18H,19-32H2,(H,49,53)(H,50,54). The van der Waals surface area contributed by atoms with E-state index in [-0.39, 0.29) is 12.1 Å². The van der Waals surface area contributed by atoms with Crippen molar-refractivity contribution in [2.45, 2.75) is 13.1 Å². The van der Waals surface area contributed by atoms with Crippen molar-refractivity contribution in [3.05, 3.63) is 120 Å². The Morgan fingerprint density at radius 2 is 0.741 bits per heavy atom. The number of urea groups is 2. The zero-order chi connectivity index (χ0) is 39.3. The van der Waals surface area contributed by atoms with E-state index in [9.17, 15) is 9.59 Å². The van der Waals surface area contributed by atoms with Crippen LogP contribution in [0.3, 0.4) is 0 Å². The van der Waals surface area contributed by atoms with Gasteiger partial charge in [0.15, 0.2) is 0 Å². The van der Waals surface area contributed by atoms with Gasteiger partial charge >= 0.3 is 12.1 Å². The molecule has 8 aromatic rings. The maximum Gasteiger partial charge on any atom is 0.317 e. The van der Waals surface area contributed by atoms with Crippen molar-refractivity contribution in [2.24, 2.45) is 0 Å². The van der Waals surface area contributed by atoms with E-state index in [1.165, 1.54) is 53.9 Å². The second kappa shape index (κ2) is 17.4. The second-order valence-corrected chi connectivity index (χ2v) is 14.9. The first-order valence-electron chi connectivity index (χ1n) is 20.3. The highest BCUT2D eigenvalue weighted by atomic mass is 16.5. The minimum Gasteiger partial charge on any atom is -0.377 e. The second-order valence-electron chi connectivity index (χ2n) is 14.9. The number of carbonyl (C=O) groups excluding carboxylic acids is 2. The Balaban J connectivity index is 0.868. The third-order valence-corrected chi connectivity index (χ3v) is 11.3. The van der Waals surface area contributed by atoms with Crippen molar-refractivity contribution in [3.8, 4) is 0 Å². The minimum absolute atomic E-state index is 0.173. The van der Waals surface area contributed by atoms with Gasteiger partial charge in [-0.25, -0.2) is 9.59 Å². The Bertz CT molecular complexity index is 2470. The molecule has 9 rings (SSSR count). The van der Waals surface area contributed by atoms with Crippen LogP contribution < -0.4 is 10.6 Å². The largest absolute Gasteiger partial charge is 0.377 e. The van der Waals surface area contributed by atoms with Gasteiger partial charge in [-0.2, -0.15) is 0 Å². The normalized spacial score (nSPS) is 17.0. The van der Waals surface area contributed by atoms with E-state index >= 15 is 0 Å². The van der Waals surface area contributed by atoms with E-state index in [4.69, 9.17) is 18.9 Å². The molecule has 58 heavy (non-hydrogen) atoms. The molecule has 0 bridgehead atoms. The van der Waals surface area contributed by atoms with Gasteiger partial charge in [0.1, 0.15) is 0 Å². The van der Waals surface area contributed by atoms with Crippen LogP contribution in [-0.4, -0.2) is 101 Å². The fourth-order valence-electron chi connectivity index (χ4n) is 8.46. The molecule has 1 aliphatic heterocycles. The van der Waals surface area contributed by atoms with Crippen LogP contribution in [0.4, 0.5) is 9.59 Å². The lowest BCUT2D eigenvalue weighted by molar-refractivity contribution is 0.0340. The number of ether oxygens (including phenoxy) is 4. The Kier molecular flexibility index (Phi) is 11.3. The van der Waals surface area contributed by atoms with Crippen LogP contribution in [0.15, 0.2) is 109 Å². The molecule has 0 saturated carbocycles. The smallest absolute Gasteiger partial charge is 0.317 e. The SMILES string of the molecule is O=C1NCCOCCOCCNC(=O)N(Cc2ccc3ccc4cccc5ccc2c3c45)CCOCCOCCN1Cc1ccc2ccc3cccc4ccc1c2c34. The topological polar surface area (TPSA) is 102 Å². The van der Waals surface area contributed by atoms with Gasteiger partial charge < -0.3 is 39.4 Å². The molecule has 0 unspecified atom stereocenters. The molecule has 0 radical (unpaired) electrons. The van der Waals surface area contributed by atoms with Crippen LogP contribution in [0, 0.1) is 0 Å². The van der Waals surface area contributed by atoms with Gasteiger partial charge in [0.2, 0.25) is 0 Å². The molecule has 8 aromatic carbocycles. The molecule has 10 heteroatoms. The number of hydrogen-bond acceptors (Lipinski definition) is 6. The molecule has 0 spiro atoms. The first kappa shape index (κ1) is 37.8. The average molecular weight is 777 g/mol. The number of hydrogen-bond donors (Lipinski definition) is 2. The highest BCUT2D eigenvalue weighted by molar-refractivity contribution is 6.24. The number of carbonyl (C=O) groups is 2. The summed E-state index contributed by atoms with van der Waals surface area (Å²) in [6, 6.07) is 38.4. The van der Waals surface area contributed by atoms with Crippen LogP contribution in [0.5, 0.6) is 0 Å². The van der Waals surface area contributed by atoms with Gasteiger partial charge in [-0.1, -0.05) is 109 Å². The number of rotatable bonds is 4. The van der Waals surface area contributed by atoms with Crippen LogP contribution in [0.2, 0.25) is 0 Å². The summed E-state index contributed by atoms with van der Waals surface area (Å²) < 4.78 is 23.5. The third kappa shape index (κ3) is 7.88. The number of nitrogens with one attached hydrogen (secondary N) is 2. The molecular weight excluding hydrogens is 729 g/mol. The van der Waals surface area contributed by atoms with E-state index in [1.807, 2.05) is 0 Å². The fourth-order valence-corrected chi connectivity index (χ4v) is 8.46. The highest BCUT2D eigenvalue weighted by Crippen LogP contribution is 2.37. The van der Waals surface area contributed by atoms with Crippen molar-refractivity contribution in [2.75, 3.05) is 79.0 Å². The van der Waals surface area contributed by atoms with Gasteiger partial charge in [0.25, 0.3) is 0 Å². The first-order valence-corrected chi connectivity index (χ1v) is 20.3. The summed E-state index contributed by atoms with van der Waals surface area (Å²) in [6.45, 7) is 5.25. The summed E-state index contributed by atoms with van der Waals surface area (Å²) in [7, 11) is 0. The molecule has 1 saturated heterocycles. The molecule has 0 aliphatic carbocycles. The summed E-state index contributed by atoms with van der Waals surface area (Å²) in [5.41, 5.74) is 2.16. The van der Waals surface area contributed by atoms with Crippen LogP contribution in [0.1, 0.15) is 11.1 Å². The summed E-state index contributed by atoms with van der Waals surface area (Å²) in [6.07, 6.45) is 0. The Hall–Kier alpha value is -5.78. The van der Waals surface area contributed by atoms with Crippen LogP contribution in [-0.2, 0) is 32.0 Å². The van der Waals surface area contributed by atoms with Crippen molar-refractivity contribution in [3.63, 3.8) is 0 Å². The summed E-state index contributed by atoms with van der Waals surface area (Å²) in [5, 5.41) is 20.5. The van der Waals surface area contributed by atoms with E-state index in [2.05, 4.69) is 120 Å². The van der Waals surface area contributed by atoms with Crippen LogP contribution in [0.25, 0.3) is 64.6 Å². The van der Waals surface area contributed by atoms with Crippen molar-refractivity contribution in [1.82, 2.24) is 20.4 Å². The molecule has 296 valence electrons. The molecule has 2 N–H and O–H groups in total. The monoisotopic (exact) mass is 776 g/mol. The zero-order valence-corrected chi connectivity index (χ0v) is 32.6. The summed E-state index contributed by atoms with van der Waals surface area (Å²) >= 11 is 0. The molecule has 1 aliphatic rings. The molecule has 0 aromatic heterocycles. The molecule has 1 fully saturated rings. The predicted octanol–water partition coefficient (Wildman–Crippen LogP) is 8.28.